The van der Waals surface area contributed by atoms with Crippen molar-refractivity contribution >= 4 is 11.4 Å². The third-order valence-electron chi connectivity index (χ3n) is 3.60. The maximum absolute atomic E-state index is 12.6. The zero-order valence-electron chi connectivity index (χ0n) is 13.4. The zero-order chi connectivity index (χ0) is 17.9. The number of amides is 1. The van der Waals surface area contributed by atoms with E-state index in [0.29, 0.717) is 11.2 Å². The molecular weight excluding hydrogens is 322 g/mol. The van der Waals surface area contributed by atoms with Crippen molar-refractivity contribution in [3.8, 4) is 5.75 Å². The molecule has 0 aromatic carbocycles. The van der Waals surface area contributed by atoms with Gasteiger partial charge in [-0.05, 0) is 19.9 Å². The summed E-state index contributed by atoms with van der Waals surface area (Å²) in [5.41, 5.74) is 5.74. The van der Waals surface area contributed by atoms with Gasteiger partial charge in [0.2, 0.25) is 0 Å². The molecule has 2 aromatic rings. The van der Waals surface area contributed by atoms with Gasteiger partial charge in [-0.1, -0.05) is 0 Å². The Balaban J connectivity index is 2.36. The van der Waals surface area contributed by atoms with E-state index in [0.717, 1.165) is 0 Å². The molecule has 0 aliphatic carbocycles. The molecule has 0 fully saturated rings. The number of aryl methyl sites for hydroxylation is 1. The van der Waals surface area contributed by atoms with Crippen LogP contribution >= 0.6 is 0 Å². The van der Waals surface area contributed by atoms with Crippen molar-refractivity contribution in [2.75, 3.05) is 19.8 Å². The molecule has 1 atom stereocenters. The second kappa shape index (κ2) is 7.10. The number of hydrogen-bond acceptors (Lipinski definition) is 5. The lowest BCUT2D eigenvalue weighted by Crippen LogP contribution is -2.54. The monoisotopic (exact) mass is 342 g/mol. The van der Waals surface area contributed by atoms with Crippen LogP contribution in [-0.2, 0) is 0 Å². The second-order valence-electron chi connectivity index (χ2n) is 5.73. The highest BCUT2D eigenvalue weighted by atomic mass is 19.3. The Kier molecular flexibility index (Phi) is 5.35. The zero-order valence-corrected chi connectivity index (χ0v) is 13.4. The van der Waals surface area contributed by atoms with Crippen LogP contribution in [0.5, 0.6) is 5.75 Å². The third kappa shape index (κ3) is 3.80. The number of fused-ring (bicyclic) bond motifs is 1. The predicted molar refractivity (Wildman–Crippen MR) is 83.4 cm³/mol. The van der Waals surface area contributed by atoms with Gasteiger partial charge in [0.25, 0.3) is 12.3 Å². The Bertz CT molecular complexity index is 729. The summed E-state index contributed by atoms with van der Waals surface area (Å²) in [6.45, 7) is 2.26. The van der Waals surface area contributed by atoms with Gasteiger partial charge in [0.1, 0.15) is 12.4 Å². The second-order valence-corrected chi connectivity index (χ2v) is 5.73. The Labute approximate surface area is 137 Å². The van der Waals surface area contributed by atoms with Crippen LogP contribution in [0, 0.1) is 6.92 Å². The lowest BCUT2D eigenvalue weighted by molar-refractivity contribution is 0.0818. The van der Waals surface area contributed by atoms with Crippen molar-refractivity contribution < 1.29 is 23.4 Å². The number of alkyl halides is 2. The highest BCUT2D eigenvalue weighted by Crippen LogP contribution is 2.21. The fraction of sp³-hybridized carbons (Fsp3) is 0.467. The number of rotatable bonds is 7. The standard InChI is InChI=1S/C15H20F2N4O3/c1-9-13(14(23)19-15(2,7-18)8-22)11-5-10(24-6-12(16)17)3-4-21(11)20-9/h3-5,12,22H,6-8,18H2,1-2H3,(H,19,23). The van der Waals surface area contributed by atoms with Gasteiger partial charge in [0, 0.05) is 18.8 Å². The molecular formula is C15H20F2N4O3. The normalized spacial score (nSPS) is 14.0. The topological polar surface area (TPSA) is 102 Å². The summed E-state index contributed by atoms with van der Waals surface area (Å²) < 4.78 is 31.0. The van der Waals surface area contributed by atoms with Crippen LogP contribution in [0.15, 0.2) is 18.3 Å². The van der Waals surface area contributed by atoms with E-state index in [1.807, 2.05) is 0 Å². The molecule has 0 saturated carbocycles. The van der Waals surface area contributed by atoms with Crippen LogP contribution in [0.2, 0.25) is 0 Å². The van der Waals surface area contributed by atoms with Gasteiger partial charge in [-0.2, -0.15) is 5.10 Å². The first-order valence-corrected chi connectivity index (χ1v) is 7.33. The van der Waals surface area contributed by atoms with Gasteiger partial charge in [0.15, 0.2) is 0 Å². The molecule has 0 saturated heterocycles. The van der Waals surface area contributed by atoms with Crippen molar-refractivity contribution in [1.29, 1.82) is 0 Å². The van der Waals surface area contributed by atoms with E-state index in [2.05, 4.69) is 10.4 Å². The fourth-order valence-electron chi connectivity index (χ4n) is 2.17. The van der Waals surface area contributed by atoms with Gasteiger partial charge in [0.05, 0.1) is 28.9 Å². The molecule has 0 aliphatic rings. The summed E-state index contributed by atoms with van der Waals surface area (Å²) in [5.74, 6) is -0.254. The molecule has 2 aromatic heterocycles. The van der Waals surface area contributed by atoms with Gasteiger partial charge in [-0.15, -0.1) is 0 Å². The van der Waals surface area contributed by atoms with E-state index >= 15 is 0 Å². The summed E-state index contributed by atoms with van der Waals surface area (Å²) in [6.07, 6.45) is -1.07. The minimum atomic E-state index is -2.59. The molecule has 0 bridgehead atoms. The van der Waals surface area contributed by atoms with Gasteiger partial charge in [-0.25, -0.2) is 13.3 Å². The Morgan fingerprint density at radius 2 is 2.29 bits per heavy atom. The predicted octanol–water partition coefficient (Wildman–Crippen LogP) is 0.726. The molecule has 7 nitrogen and oxygen atoms in total. The summed E-state index contributed by atoms with van der Waals surface area (Å²) in [7, 11) is 0. The number of pyridine rings is 1. The van der Waals surface area contributed by atoms with Crippen molar-refractivity contribution in [2.45, 2.75) is 25.8 Å². The van der Waals surface area contributed by atoms with Crippen molar-refractivity contribution in [1.82, 2.24) is 14.9 Å². The van der Waals surface area contributed by atoms with Crippen LogP contribution < -0.4 is 15.8 Å². The number of hydrogen-bond donors (Lipinski definition) is 3. The van der Waals surface area contributed by atoms with Crippen LogP contribution in [0.1, 0.15) is 23.0 Å². The minimum absolute atomic E-state index is 0.0518. The molecule has 1 unspecified atom stereocenters. The number of ether oxygens (including phenoxy) is 1. The average molecular weight is 342 g/mol. The summed E-state index contributed by atoms with van der Waals surface area (Å²) in [5, 5.41) is 16.3. The van der Waals surface area contributed by atoms with E-state index in [4.69, 9.17) is 10.5 Å². The summed E-state index contributed by atoms with van der Waals surface area (Å²) in [4.78, 5) is 12.6. The lowest BCUT2D eigenvalue weighted by Gasteiger charge is -2.26. The average Bonchev–Trinajstić information content (AvgIpc) is 2.87. The largest absolute Gasteiger partial charge is 0.488 e. The number of carbonyl (C=O) groups excluding carboxylic acids is 1. The number of aliphatic hydroxyl groups is 1. The van der Waals surface area contributed by atoms with Gasteiger partial charge < -0.3 is 20.9 Å². The molecule has 132 valence electrons. The number of aromatic nitrogens is 2. The highest BCUT2D eigenvalue weighted by Gasteiger charge is 2.27. The number of nitrogens with one attached hydrogen (secondary N) is 1. The molecule has 2 rings (SSSR count). The van der Waals surface area contributed by atoms with Crippen molar-refractivity contribution in [3.63, 3.8) is 0 Å². The van der Waals surface area contributed by atoms with Gasteiger partial charge in [-0.3, -0.25) is 4.79 Å². The maximum Gasteiger partial charge on any atom is 0.272 e. The number of nitrogens with zero attached hydrogens (tertiary/aromatic N) is 2. The van der Waals surface area contributed by atoms with Crippen molar-refractivity contribution in [2.24, 2.45) is 5.73 Å². The lowest BCUT2D eigenvalue weighted by atomic mass is 10.0. The highest BCUT2D eigenvalue weighted by molar-refractivity contribution is 6.02. The van der Waals surface area contributed by atoms with Crippen LogP contribution in [-0.4, -0.2) is 52.4 Å². The van der Waals surface area contributed by atoms with E-state index < -0.39 is 24.5 Å². The number of nitrogens with two attached hydrogens (primary N) is 1. The molecule has 1 amide bonds. The summed E-state index contributed by atoms with van der Waals surface area (Å²) in [6, 6.07) is 2.96. The molecule has 0 radical (unpaired) electrons. The molecule has 2 heterocycles. The van der Waals surface area contributed by atoms with E-state index in [1.165, 1.54) is 22.8 Å². The molecule has 24 heavy (non-hydrogen) atoms. The SMILES string of the molecule is Cc1nn2ccc(OCC(F)F)cc2c1C(=O)NC(C)(CN)CO. The summed E-state index contributed by atoms with van der Waals surface area (Å²) >= 11 is 0. The number of carbonyl (C=O) groups is 1. The van der Waals surface area contributed by atoms with Crippen LogP contribution in [0.4, 0.5) is 8.78 Å². The van der Waals surface area contributed by atoms with Crippen LogP contribution in [0.3, 0.4) is 0 Å². The minimum Gasteiger partial charge on any atom is -0.488 e. The number of aliphatic hydroxyl groups excluding tert-OH is 1. The molecule has 4 N–H and O–H groups in total. The smallest absolute Gasteiger partial charge is 0.272 e. The first-order valence-electron chi connectivity index (χ1n) is 7.33. The molecule has 0 spiro atoms. The first kappa shape index (κ1) is 18.1. The molecule has 9 heteroatoms. The Morgan fingerprint density at radius 1 is 1.58 bits per heavy atom. The third-order valence-corrected chi connectivity index (χ3v) is 3.60. The van der Waals surface area contributed by atoms with E-state index in [1.54, 1.807) is 13.8 Å². The van der Waals surface area contributed by atoms with Crippen LogP contribution in [0.25, 0.3) is 5.52 Å². The Hall–Kier alpha value is -2.26. The number of halogens is 2. The first-order chi connectivity index (χ1) is 11.3. The Morgan fingerprint density at radius 3 is 2.88 bits per heavy atom. The van der Waals surface area contributed by atoms with E-state index in [9.17, 15) is 18.7 Å². The van der Waals surface area contributed by atoms with Crippen molar-refractivity contribution in [3.05, 3.63) is 29.6 Å². The fourth-order valence-corrected chi connectivity index (χ4v) is 2.17. The maximum atomic E-state index is 12.6. The van der Waals surface area contributed by atoms with E-state index in [-0.39, 0.29) is 24.5 Å². The quantitative estimate of drug-likeness (QED) is 0.688. The van der Waals surface area contributed by atoms with Gasteiger partial charge >= 0.3 is 0 Å². The molecule has 0 aliphatic heterocycles.